The lowest BCUT2D eigenvalue weighted by Gasteiger charge is -2.12. The van der Waals surface area contributed by atoms with E-state index in [0.29, 0.717) is 11.4 Å². The highest BCUT2D eigenvalue weighted by Gasteiger charge is 2.15. The summed E-state index contributed by atoms with van der Waals surface area (Å²) in [6, 6.07) is 13.7. The predicted molar refractivity (Wildman–Crippen MR) is 99.6 cm³/mol. The first-order valence-electron chi connectivity index (χ1n) is 8.39. The predicted octanol–water partition coefficient (Wildman–Crippen LogP) is 1.04. The fourth-order valence-electron chi connectivity index (χ4n) is 2.64. The van der Waals surface area contributed by atoms with Gasteiger partial charge in [0.25, 0.3) is 11.5 Å². The smallest absolute Gasteiger partial charge is 0.269 e. The molecule has 27 heavy (non-hydrogen) atoms. The molecule has 0 saturated carbocycles. The monoisotopic (exact) mass is 368 g/mol. The molecule has 2 heterocycles. The van der Waals surface area contributed by atoms with Gasteiger partial charge < -0.3 is 19.7 Å². The van der Waals surface area contributed by atoms with Crippen molar-refractivity contribution >= 4 is 5.91 Å². The number of para-hydroxylation sites is 1. The van der Waals surface area contributed by atoms with Gasteiger partial charge in [0, 0.05) is 24.4 Å². The third-order valence-electron chi connectivity index (χ3n) is 4.01. The van der Waals surface area contributed by atoms with E-state index in [1.54, 1.807) is 31.5 Å². The SMILES string of the molecule is COc1ccccc1-c1cc(C(=O)NCC(O)Cn2ccccc2=O)[nH]n1. The van der Waals surface area contributed by atoms with E-state index in [2.05, 4.69) is 15.5 Å². The molecule has 1 amide bonds. The zero-order valence-corrected chi connectivity index (χ0v) is 14.8. The first kappa shape index (κ1) is 18.4. The lowest BCUT2D eigenvalue weighted by atomic mass is 10.1. The van der Waals surface area contributed by atoms with Crippen LogP contribution in [0.2, 0.25) is 0 Å². The van der Waals surface area contributed by atoms with E-state index in [1.807, 2.05) is 24.3 Å². The summed E-state index contributed by atoms with van der Waals surface area (Å²) in [5.74, 6) is 0.253. The van der Waals surface area contributed by atoms with Crippen molar-refractivity contribution in [2.24, 2.45) is 0 Å². The Labute approximate surface area is 155 Å². The van der Waals surface area contributed by atoms with E-state index in [-0.39, 0.29) is 24.3 Å². The van der Waals surface area contributed by atoms with Gasteiger partial charge in [-0.1, -0.05) is 18.2 Å². The standard InChI is InChI=1S/C19H20N4O4/c1-27-17-7-3-2-6-14(17)15-10-16(22-21-15)19(26)20-11-13(24)12-23-9-5-4-8-18(23)25/h2-10,13,24H,11-12H2,1H3,(H,20,26)(H,21,22). The molecule has 0 fully saturated rings. The highest BCUT2D eigenvalue weighted by Crippen LogP contribution is 2.28. The molecule has 1 unspecified atom stereocenters. The molecule has 1 atom stereocenters. The number of amides is 1. The van der Waals surface area contributed by atoms with Crippen LogP contribution < -0.4 is 15.6 Å². The van der Waals surface area contributed by atoms with E-state index in [4.69, 9.17) is 4.74 Å². The molecule has 1 aromatic carbocycles. The van der Waals surface area contributed by atoms with Crippen LogP contribution in [0.1, 0.15) is 10.5 Å². The Morgan fingerprint density at radius 1 is 1.30 bits per heavy atom. The molecule has 0 saturated heterocycles. The van der Waals surface area contributed by atoms with E-state index in [9.17, 15) is 14.7 Å². The highest BCUT2D eigenvalue weighted by atomic mass is 16.5. The van der Waals surface area contributed by atoms with Crippen LogP contribution in [0.5, 0.6) is 5.75 Å². The second kappa shape index (κ2) is 8.33. The van der Waals surface area contributed by atoms with Gasteiger partial charge in [-0.25, -0.2) is 0 Å². The highest BCUT2D eigenvalue weighted by molar-refractivity contribution is 5.93. The molecular weight excluding hydrogens is 348 g/mol. The van der Waals surface area contributed by atoms with Gasteiger partial charge in [0.15, 0.2) is 0 Å². The first-order valence-corrected chi connectivity index (χ1v) is 8.39. The Kier molecular flexibility index (Phi) is 5.68. The number of rotatable bonds is 7. The Bertz CT molecular complexity index is 979. The minimum Gasteiger partial charge on any atom is -0.496 e. The number of hydrogen-bond acceptors (Lipinski definition) is 5. The van der Waals surface area contributed by atoms with Crippen LogP contribution in [-0.4, -0.2) is 45.5 Å². The Balaban J connectivity index is 1.61. The van der Waals surface area contributed by atoms with Crippen LogP contribution >= 0.6 is 0 Å². The maximum Gasteiger partial charge on any atom is 0.269 e. The van der Waals surface area contributed by atoms with E-state index in [0.717, 1.165) is 5.56 Å². The van der Waals surface area contributed by atoms with Crippen molar-refractivity contribution in [1.82, 2.24) is 20.1 Å². The van der Waals surface area contributed by atoms with E-state index in [1.165, 1.54) is 10.6 Å². The van der Waals surface area contributed by atoms with Gasteiger partial charge in [0.2, 0.25) is 0 Å². The summed E-state index contributed by atoms with van der Waals surface area (Å²) in [7, 11) is 1.57. The van der Waals surface area contributed by atoms with E-state index >= 15 is 0 Å². The van der Waals surface area contributed by atoms with Gasteiger partial charge in [-0.3, -0.25) is 14.7 Å². The molecule has 140 valence electrons. The quantitative estimate of drug-likeness (QED) is 0.577. The number of carbonyl (C=O) groups is 1. The average Bonchev–Trinajstić information content (AvgIpc) is 3.18. The number of aromatic nitrogens is 3. The summed E-state index contributed by atoms with van der Waals surface area (Å²) in [5.41, 5.74) is 1.39. The molecule has 0 spiro atoms. The fourth-order valence-corrected chi connectivity index (χ4v) is 2.64. The van der Waals surface area contributed by atoms with Crippen LogP contribution in [0.3, 0.4) is 0 Å². The van der Waals surface area contributed by atoms with Crippen molar-refractivity contribution < 1.29 is 14.6 Å². The number of benzene rings is 1. The molecule has 0 aliphatic rings. The second-order valence-electron chi connectivity index (χ2n) is 5.92. The number of H-pyrrole nitrogens is 1. The van der Waals surface area contributed by atoms with Crippen molar-refractivity contribution in [3.63, 3.8) is 0 Å². The summed E-state index contributed by atoms with van der Waals surface area (Å²) in [5, 5.41) is 19.5. The summed E-state index contributed by atoms with van der Waals surface area (Å²) in [6.07, 6.45) is 0.688. The molecular formula is C19H20N4O4. The van der Waals surface area contributed by atoms with Crippen LogP contribution in [0.4, 0.5) is 0 Å². The van der Waals surface area contributed by atoms with Gasteiger partial charge >= 0.3 is 0 Å². The summed E-state index contributed by atoms with van der Waals surface area (Å²) in [6.45, 7) is 0.0958. The summed E-state index contributed by atoms with van der Waals surface area (Å²) < 4.78 is 6.68. The third-order valence-corrected chi connectivity index (χ3v) is 4.01. The lowest BCUT2D eigenvalue weighted by molar-refractivity contribution is 0.0898. The van der Waals surface area contributed by atoms with Crippen LogP contribution in [0, 0.1) is 0 Å². The molecule has 0 bridgehead atoms. The molecule has 0 aliphatic carbocycles. The van der Waals surface area contributed by atoms with Crippen molar-refractivity contribution in [2.75, 3.05) is 13.7 Å². The molecule has 3 N–H and O–H groups in total. The maximum absolute atomic E-state index is 12.3. The van der Waals surface area contributed by atoms with Gasteiger partial charge in [0.05, 0.1) is 25.5 Å². The van der Waals surface area contributed by atoms with Crippen LogP contribution in [0.15, 0.2) is 59.5 Å². The van der Waals surface area contributed by atoms with Gasteiger partial charge in [-0.2, -0.15) is 5.10 Å². The van der Waals surface area contributed by atoms with Crippen LogP contribution in [0.25, 0.3) is 11.3 Å². The number of hydrogen-bond donors (Lipinski definition) is 3. The van der Waals surface area contributed by atoms with Gasteiger partial charge in [-0.05, 0) is 24.3 Å². The number of aliphatic hydroxyl groups excluding tert-OH is 1. The molecule has 3 aromatic rings. The van der Waals surface area contributed by atoms with Crippen LogP contribution in [-0.2, 0) is 6.54 Å². The Hall–Kier alpha value is -3.39. The first-order chi connectivity index (χ1) is 13.1. The lowest BCUT2D eigenvalue weighted by Crippen LogP contribution is -2.36. The molecule has 3 rings (SSSR count). The summed E-state index contributed by atoms with van der Waals surface area (Å²) >= 11 is 0. The Morgan fingerprint density at radius 3 is 2.85 bits per heavy atom. The summed E-state index contributed by atoms with van der Waals surface area (Å²) in [4.78, 5) is 23.9. The van der Waals surface area contributed by atoms with Crippen molar-refractivity contribution in [1.29, 1.82) is 0 Å². The number of nitrogens with one attached hydrogen (secondary N) is 2. The largest absolute Gasteiger partial charge is 0.496 e. The fraction of sp³-hybridized carbons (Fsp3) is 0.211. The molecule has 8 heteroatoms. The number of nitrogens with zero attached hydrogens (tertiary/aromatic N) is 2. The molecule has 0 radical (unpaired) electrons. The number of pyridine rings is 1. The minimum atomic E-state index is -0.898. The van der Waals surface area contributed by atoms with Gasteiger partial charge in [0.1, 0.15) is 11.4 Å². The third kappa shape index (κ3) is 4.42. The number of methoxy groups -OCH3 is 1. The molecule has 2 aromatic heterocycles. The topological polar surface area (TPSA) is 109 Å². The normalized spacial score (nSPS) is 11.8. The number of aliphatic hydroxyl groups is 1. The number of aromatic amines is 1. The number of carbonyl (C=O) groups excluding carboxylic acids is 1. The van der Waals surface area contributed by atoms with Gasteiger partial charge in [-0.15, -0.1) is 0 Å². The van der Waals surface area contributed by atoms with Crippen molar-refractivity contribution in [3.8, 4) is 17.0 Å². The Morgan fingerprint density at radius 2 is 2.07 bits per heavy atom. The molecule has 8 nitrogen and oxygen atoms in total. The minimum absolute atomic E-state index is 0.00315. The zero-order valence-electron chi connectivity index (χ0n) is 14.8. The second-order valence-corrected chi connectivity index (χ2v) is 5.92. The molecule has 0 aliphatic heterocycles. The average molecular weight is 368 g/mol. The van der Waals surface area contributed by atoms with E-state index < -0.39 is 12.0 Å². The van der Waals surface area contributed by atoms with Crippen molar-refractivity contribution in [2.45, 2.75) is 12.6 Å². The maximum atomic E-state index is 12.3. The van der Waals surface area contributed by atoms with Crippen molar-refractivity contribution in [3.05, 3.63) is 70.8 Å². The zero-order chi connectivity index (χ0) is 19.2. The number of ether oxygens (including phenoxy) is 1.